The summed E-state index contributed by atoms with van der Waals surface area (Å²) in [5.41, 5.74) is 1.73. The molecule has 0 fully saturated rings. The Morgan fingerprint density at radius 1 is 1.19 bits per heavy atom. The number of amides is 1. The lowest BCUT2D eigenvalue weighted by molar-refractivity contribution is -0.154. The largest absolute Gasteiger partial charge is 0.496 e. The number of ether oxygens (including phenoxy) is 2. The number of nitrogens with zero attached hydrogens (tertiary/aromatic N) is 1. The molecule has 1 atom stereocenters. The van der Waals surface area contributed by atoms with Crippen LogP contribution in [0.1, 0.15) is 18.1 Å². The molecule has 1 amide bonds. The predicted molar refractivity (Wildman–Crippen MR) is 108 cm³/mol. The lowest BCUT2D eigenvalue weighted by Crippen LogP contribution is -2.36. The van der Waals surface area contributed by atoms with Crippen LogP contribution in [0.3, 0.4) is 0 Å². The van der Waals surface area contributed by atoms with E-state index >= 15 is 0 Å². The van der Waals surface area contributed by atoms with Crippen molar-refractivity contribution in [3.8, 4) is 5.75 Å². The van der Waals surface area contributed by atoms with Crippen molar-refractivity contribution >= 4 is 33.9 Å². The van der Waals surface area contributed by atoms with Gasteiger partial charge in [0.1, 0.15) is 5.75 Å². The maximum Gasteiger partial charge on any atom is 0.331 e. The average molecular weight is 432 g/mol. The summed E-state index contributed by atoms with van der Waals surface area (Å²) in [6.45, 7) is 2.02. The molecule has 2 aromatic rings. The minimum atomic E-state index is -0.875. The topological polar surface area (TPSA) is 55.8 Å². The summed E-state index contributed by atoms with van der Waals surface area (Å²) in [5, 5.41) is 0. The third-order valence-electron chi connectivity index (χ3n) is 3.87. The highest BCUT2D eigenvalue weighted by Crippen LogP contribution is 2.24. The molecule has 6 heteroatoms. The Morgan fingerprint density at radius 2 is 1.89 bits per heavy atom. The Morgan fingerprint density at radius 3 is 2.56 bits per heavy atom. The van der Waals surface area contributed by atoms with Gasteiger partial charge >= 0.3 is 5.97 Å². The maximum absolute atomic E-state index is 12.4. The number of likely N-dealkylation sites (N-methyl/N-ethyl adjacent to an activating group) is 1. The van der Waals surface area contributed by atoms with Gasteiger partial charge in [0.05, 0.1) is 7.11 Å². The number of carbonyl (C=O) groups is 2. The maximum atomic E-state index is 12.4. The van der Waals surface area contributed by atoms with Crippen LogP contribution in [0, 0.1) is 0 Å². The molecule has 0 aliphatic carbocycles. The zero-order valence-electron chi connectivity index (χ0n) is 15.5. The van der Waals surface area contributed by atoms with Crippen molar-refractivity contribution in [2.75, 3.05) is 14.2 Å². The van der Waals surface area contributed by atoms with Gasteiger partial charge in [0, 0.05) is 29.7 Å². The highest BCUT2D eigenvalue weighted by molar-refractivity contribution is 9.10. The van der Waals surface area contributed by atoms with Crippen LogP contribution in [0.25, 0.3) is 6.08 Å². The Kier molecular flexibility index (Phi) is 7.61. The van der Waals surface area contributed by atoms with E-state index in [1.165, 1.54) is 11.0 Å². The summed E-state index contributed by atoms with van der Waals surface area (Å²) >= 11 is 3.38. The molecule has 5 nitrogen and oxygen atoms in total. The Labute approximate surface area is 167 Å². The minimum Gasteiger partial charge on any atom is -0.496 e. The number of methoxy groups -OCH3 is 1. The van der Waals surface area contributed by atoms with Gasteiger partial charge in [-0.2, -0.15) is 0 Å². The van der Waals surface area contributed by atoms with Crippen LogP contribution in [0.15, 0.2) is 59.1 Å². The van der Waals surface area contributed by atoms with Gasteiger partial charge in [-0.3, -0.25) is 4.79 Å². The molecule has 0 bridgehead atoms. The van der Waals surface area contributed by atoms with Gasteiger partial charge in [-0.25, -0.2) is 4.79 Å². The number of benzene rings is 2. The number of halogens is 1. The fourth-order valence-electron chi connectivity index (χ4n) is 2.50. The number of carbonyl (C=O) groups excluding carboxylic acids is 2. The van der Waals surface area contributed by atoms with Gasteiger partial charge in [-0.15, -0.1) is 0 Å². The van der Waals surface area contributed by atoms with E-state index in [1.54, 1.807) is 33.2 Å². The molecule has 1 unspecified atom stereocenters. The quantitative estimate of drug-likeness (QED) is 0.489. The van der Waals surface area contributed by atoms with Crippen LogP contribution in [-0.4, -0.2) is 37.0 Å². The second-order valence-electron chi connectivity index (χ2n) is 5.98. The molecule has 0 N–H and O–H groups in total. The van der Waals surface area contributed by atoms with E-state index < -0.39 is 12.1 Å². The molecule has 0 aliphatic heterocycles. The van der Waals surface area contributed by atoms with E-state index in [4.69, 9.17) is 9.47 Å². The van der Waals surface area contributed by atoms with Crippen molar-refractivity contribution in [3.05, 3.63) is 70.2 Å². The van der Waals surface area contributed by atoms with Crippen molar-refractivity contribution in [1.29, 1.82) is 0 Å². The van der Waals surface area contributed by atoms with Crippen LogP contribution in [0.2, 0.25) is 0 Å². The van der Waals surface area contributed by atoms with Gasteiger partial charge in [0.25, 0.3) is 5.91 Å². The van der Waals surface area contributed by atoms with Crippen LogP contribution >= 0.6 is 15.9 Å². The SMILES string of the molecule is COc1ccc(Br)cc1/C=C/C(=O)OC(C)C(=O)N(C)Cc1ccccc1. The number of hydrogen-bond acceptors (Lipinski definition) is 4. The molecule has 0 aromatic heterocycles. The van der Waals surface area contributed by atoms with E-state index in [2.05, 4.69) is 15.9 Å². The van der Waals surface area contributed by atoms with Gasteiger partial charge in [0.2, 0.25) is 0 Å². The highest BCUT2D eigenvalue weighted by Gasteiger charge is 2.20. The summed E-state index contributed by atoms with van der Waals surface area (Å²) < 4.78 is 11.3. The average Bonchev–Trinajstić information content (AvgIpc) is 2.66. The first-order valence-corrected chi connectivity index (χ1v) is 9.21. The van der Waals surface area contributed by atoms with Gasteiger partial charge < -0.3 is 14.4 Å². The molecule has 0 saturated carbocycles. The zero-order chi connectivity index (χ0) is 19.8. The van der Waals surface area contributed by atoms with Crippen molar-refractivity contribution in [3.63, 3.8) is 0 Å². The molecule has 27 heavy (non-hydrogen) atoms. The number of hydrogen-bond donors (Lipinski definition) is 0. The first-order chi connectivity index (χ1) is 12.9. The lowest BCUT2D eigenvalue weighted by atomic mass is 10.2. The highest BCUT2D eigenvalue weighted by atomic mass is 79.9. The smallest absolute Gasteiger partial charge is 0.331 e. The molecule has 2 aromatic carbocycles. The van der Waals surface area contributed by atoms with E-state index in [0.717, 1.165) is 15.6 Å². The van der Waals surface area contributed by atoms with Crippen LogP contribution < -0.4 is 4.74 Å². The standard InChI is InChI=1S/C21H22BrNO4/c1-15(21(25)23(2)14-16-7-5-4-6-8-16)27-20(24)12-9-17-13-18(22)10-11-19(17)26-3/h4-13,15H,14H2,1-3H3/b12-9+. The van der Waals surface area contributed by atoms with E-state index in [9.17, 15) is 9.59 Å². The summed E-state index contributed by atoms with van der Waals surface area (Å²) in [7, 11) is 3.24. The number of rotatable bonds is 7. The molecule has 0 aliphatic rings. The van der Waals surface area contributed by atoms with Gasteiger partial charge in [-0.1, -0.05) is 46.3 Å². The normalized spacial score (nSPS) is 11.9. The predicted octanol–water partition coefficient (Wildman–Crippen LogP) is 4.06. The van der Waals surface area contributed by atoms with E-state index in [0.29, 0.717) is 12.3 Å². The first kappa shape index (κ1) is 20.7. The van der Waals surface area contributed by atoms with Gasteiger partial charge in [-0.05, 0) is 36.8 Å². The molecule has 0 heterocycles. The lowest BCUT2D eigenvalue weighted by Gasteiger charge is -2.21. The number of esters is 1. The minimum absolute atomic E-state index is 0.263. The van der Waals surface area contributed by atoms with Crippen LogP contribution in [0.4, 0.5) is 0 Å². The molecule has 0 radical (unpaired) electrons. The Hall–Kier alpha value is -2.60. The van der Waals surface area contributed by atoms with E-state index in [-0.39, 0.29) is 5.91 Å². The summed E-state index contributed by atoms with van der Waals surface area (Å²) in [5.74, 6) is -0.222. The molecule has 142 valence electrons. The second-order valence-corrected chi connectivity index (χ2v) is 6.89. The summed E-state index contributed by atoms with van der Waals surface area (Å²) in [6, 6.07) is 15.1. The van der Waals surface area contributed by atoms with Crippen molar-refractivity contribution in [1.82, 2.24) is 4.90 Å². The Balaban J connectivity index is 1.94. The molecule has 2 rings (SSSR count). The summed E-state index contributed by atoms with van der Waals surface area (Å²) in [6.07, 6.45) is 2.00. The van der Waals surface area contributed by atoms with E-state index in [1.807, 2.05) is 42.5 Å². The van der Waals surface area contributed by atoms with Crippen LogP contribution in [-0.2, 0) is 20.9 Å². The van der Waals surface area contributed by atoms with Crippen molar-refractivity contribution in [2.45, 2.75) is 19.6 Å². The molecule has 0 saturated heterocycles. The van der Waals surface area contributed by atoms with Crippen LogP contribution in [0.5, 0.6) is 5.75 Å². The fourth-order valence-corrected chi connectivity index (χ4v) is 2.88. The van der Waals surface area contributed by atoms with Crippen molar-refractivity contribution < 1.29 is 19.1 Å². The van der Waals surface area contributed by atoms with Gasteiger partial charge in [0.15, 0.2) is 6.10 Å². The third kappa shape index (κ3) is 6.25. The zero-order valence-corrected chi connectivity index (χ0v) is 17.1. The monoisotopic (exact) mass is 431 g/mol. The molecule has 0 spiro atoms. The summed E-state index contributed by atoms with van der Waals surface area (Å²) in [4.78, 5) is 26.0. The third-order valence-corrected chi connectivity index (χ3v) is 4.36. The molecular weight excluding hydrogens is 410 g/mol. The fraction of sp³-hybridized carbons (Fsp3) is 0.238. The first-order valence-electron chi connectivity index (χ1n) is 8.42. The van der Waals surface area contributed by atoms with Crippen molar-refractivity contribution in [2.24, 2.45) is 0 Å². The Bertz CT molecular complexity index is 820. The molecular formula is C21H22BrNO4. The second kappa shape index (κ2) is 9.92.